The molecule has 5 rings (SSSR count). The van der Waals surface area contributed by atoms with E-state index in [1.54, 1.807) is 42.5 Å². The largest absolute Gasteiger partial charge is 0.465 e. The number of allylic oxidation sites excluding steroid dienone is 2. The normalized spacial score (nSPS) is 20.5. The standard InChI is InChI=1S/C26H22Cl2N2O4S/c1-34-26(31)16-7-5-15(6-8-16)25-20-4-2-3-19(20)21-14-18(10-12-23(21)29-25)35(32,33)30-24-13-17(27)9-11-22(24)28/h2-3,5-14,19-20,25,29-30H,4H2,1H3/t19-,20+,25+/m0/s1. The molecule has 0 saturated carbocycles. The van der Waals surface area contributed by atoms with E-state index in [0.717, 1.165) is 23.2 Å². The molecular weight excluding hydrogens is 507 g/mol. The summed E-state index contributed by atoms with van der Waals surface area (Å²) in [5.74, 6) is -0.110. The first kappa shape index (κ1) is 23.7. The second-order valence-corrected chi connectivity index (χ2v) is 11.1. The minimum Gasteiger partial charge on any atom is -0.465 e. The van der Waals surface area contributed by atoms with Crippen molar-refractivity contribution in [3.05, 3.63) is 99.6 Å². The second kappa shape index (κ2) is 9.22. The number of nitrogens with one attached hydrogen (secondary N) is 2. The number of hydrogen-bond acceptors (Lipinski definition) is 5. The van der Waals surface area contributed by atoms with Crippen LogP contribution in [0.15, 0.2) is 77.7 Å². The number of methoxy groups -OCH3 is 1. The SMILES string of the molecule is COC(=O)c1ccc([C@H]2Nc3ccc(S(=O)(=O)Nc4cc(Cl)ccc4Cl)cc3[C@H]3C=CC[C@H]32)cc1. The highest BCUT2D eigenvalue weighted by Gasteiger charge is 2.38. The van der Waals surface area contributed by atoms with Crippen molar-refractivity contribution in [2.45, 2.75) is 23.3 Å². The number of hydrogen-bond donors (Lipinski definition) is 2. The molecule has 9 heteroatoms. The molecule has 3 aromatic carbocycles. The number of esters is 1. The van der Waals surface area contributed by atoms with Gasteiger partial charge < -0.3 is 10.1 Å². The number of benzene rings is 3. The molecule has 2 N–H and O–H groups in total. The van der Waals surface area contributed by atoms with Crippen LogP contribution in [-0.4, -0.2) is 21.5 Å². The zero-order valence-corrected chi connectivity index (χ0v) is 21.0. The van der Waals surface area contributed by atoms with Crippen LogP contribution in [0.4, 0.5) is 11.4 Å². The van der Waals surface area contributed by atoms with Crippen molar-refractivity contribution in [1.29, 1.82) is 0 Å². The van der Waals surface area contributed by atoms with Gasteiger partial charge in [0.2, 0.25) is 0 Å². The van der Waals surface area contributed by atoms with Gasteiger partial charge in [0.1, 0.15) is 0 Å². The topological polar surface area (TPSA) is 84.5 Å². The minimum absolute atomic E-state index is 0.0139. The molecule has 3 aromatic rings. The molecule has 1 heterocycles. The quantitative estimate of drug-likeness (QED) is 0.295. The van der Waals surface area contributed by atoms with Crippen LogP contribution in [0.1, 0.15) is 39.9 Å². The van der Waals surface area contributed by atoms with E-state index in [1.807, 2.05) is 12.1 Å². The summed E-state index contributed by atoms with van der Waals surface area (Å²) in [5.41, 5.74) is 3.57. The number of ether oxygens (including phenoxy) is 1. The van der Waals surface area contributed by atoms with E-state index in [9.17, 15) is 13.2 Å². The van der Waals surface area contributed by atoms with Gasteiger partial charge in [-0.1, -0.05) is 47.5 Å². The van der Waals surface area contributed by atoms with Gasteiger partial charge in [0.05, 0.1) is 34.3 Å². The Balaban J connectivity index is 1.46. The maximum atomic E-state index is 13.2. The first-order valence-electron chi connectivity index (χ1n) is 11.0. The van der Waals surface area contributed by atoms with Gasteiger partial charge in [-0.05, 0) is 72.0 Å². The first-order valence-corrected chi connectivity index (χ1v) is 13.2. The number of carbonyl (C=O) groups is 1. The predicted molar refractivity (Wildman–Crippen MR) is 138 cm³/mol. The Morgan fingerprint density at radius 1 is 1.06 bits per heavy atom. The number of rotatable bonds is 5. The van der Waals surface area contributed by atoms with Crippen LogP contribution in [-0.2, 0) is 14.8 Å². The van der Waals surface area contributed by atoms with Gasteiger partial charge in [0, 0.05) is 16.6 Å². The van der Waals surface area contributed by atoms with Crippen LogP contribution < -0.4 is 10.0 Å². The molecule has 1 aliphatic carbocycles. The summed E-state index contributed by atoms with van der Waals surface area (Å²) in [6.07, 6.45) is 5.12. The van der Waals surface area contributed by atoms with Crippen molar-refractivity contribution in [2.24, 2.45) is 5.92 Å². The zero-order valence-electron chi connectivity index (χ0n) is 18.7. The van der Waals surface area contributed by atoms with Gasteiger partial charge in [-0.25, -0.2) is 13.2 Å². The maximum absolute atomic E-state index is 13.2. The van der Waals surface area contributed by atoms with Crippen molar-refractivity contribution >= 4 is 50.6 Å². The Labute approximate surface area is 214 Å². The van der Waals surface area contributed by atoms with Gasteiger partial charge in [0.25, 0.3) is 10.0 Å². The van der Waals surface area contributed by atoms with Crippen LogP contribution >= 0.6 is 23.2 Å². The Bertz CT molecular complexity index is 1440. The molecule has 2 aliphatic rings. The van der Waals surface area contributed by atoms with E-state index in [-0.39, 0.29) is 39.5 Å². The third-order valence-corrected chi connectivity index (χ3v) is 8.44. The summed E-state index contributed by atoms with van der Waals surface area (Å²) >= 11 is 12.2. The fourth-order valence-corrected chi connectivity index (χ4v) is 6.29. The van der Waals surface area contributed by atoms with E-state index in [2.05, 4.69) is 22.2 Å². The molecule has 180 valence electrons. The maximum Gasteiger partial charge on any atom is 0.337 e. The number of halogens is 2. The summed E-state index contributed by atoms with van der Waals surface area (Å²) in [6, 6.07) is 17.1. The van der Waals surface area contributed by atoms with Crippen molar-refractivity contribution in [3.63, 3.8) is 0 Å². The molecule has 0 unspecified atom stereocenters. The average Bonchev–Trinajstić information content (AvgIpc) is 3.35. The molecule has 0 bridgehead atoms. The van der Waals surface area contributed by atoms with Gasteiger partial charge in [-0.15, -0.1) is 0 Å². The molecule has 3 atom stereocenters. The molecular formula is C26H22Cl2N2O4S. The predicted octanol–water partition coefficient (Wildman–Crippen LogP) is 6.41. The molecule has 0 aromatic heterocycles. The van der Waals surface area contributed by atoms with E-state index >= 15 is 0 Å². The van der Waals surface area contributed by atoms with Gasteiger partial charge in [-0.2, -0.15) is 0 Å². The highest BCUT2D eigenvalue weighted by atomic mass is 35.5. The van der Waals surface area contributed by atoms with E-state index in [0.29, 0.717) is 10.6 Å². The van der Waals surface area contributed by atoms with E-state index < -0.39 is 10.0 Å². The summed E-state index contributed by atoms with van der Waals surface area (Å²) in [7, 11) is -2.53. The number of carbonyl (C=O) groups excluding carboxylic acids is 1. The molecule has 0 saturated heterocycles. The fourth-order valence-electron chi connectivity index (χ4n) is 4.79. The van der Waals surface area contributed by atoms with Crippen LogP contribution in [0.25, 0.3) is 0 Å². The highest BCUT2D eigenvalue weighted by Crippen LogP contribution is 2.50. The monoisotopic (exact) mass is 528 g/mol. The molecule has 35 heavy (non-hydrogen) atoms. The summed E-state index contributed by atoms with van der Waals surface area (Å²) in [4.78, 5) is 11.9. The Morgan fingerprint density at radius 3 is 2.57 bits per heavy atom. The number of anilines is 2. The van der Waals surface area contributed by atoms with Crippen LogP contribution in [0, 0.1) is 5.92 Å². The highest BCUT2D eigenvalue weighted by molar-refractivity contribution is 7.92. The molecule has 0 spiro atoms. The molecule has 0 amide bonds. The van der Waals surface area contributed by atoms with Crippen LogP contribution in [0.2, 0.25) is 10.0 Å². The lowest BCUT2D eigenvalue weighted by Crippen LogP contribution is -2.29. The van der Waals surface area contributed by atoms with Crippen molar-refractivity contribution in [3.8, 4) is 0 Å². The van der Waals surface area contributed by atoms with Gasteiger partial charge in [0.15, 0.2) is 0 Å². The summed E-state index contributed by atoms with van der Waals surface area (Å²) in [6.45, 7) is 0. The average molecular weight is 529 g/mol. The Morgan fingerprint density at radius 2 is 1.83 bits per heavy atom. The van der Waals surface area contributed by atoms with Crippen molar-refractivity contribution in [1.82, 2.24) is 0 Å². The summed E-state index contributed by atoms with van der Waals surface area (Å²) in [5, 5.41) is 4.22. The van der Waals surface area contributed by atoms with E-state index in [1.165, 1.54) is 13.2 Å². The molecule has 6 nitrogen and oxygen atoms in total. The lowest BCUT2D eigenvalue weighted by molar-refractivity contribution is 0.0600. The number of sulfonamides is 1. The van der Waals surface area contributed by atoms with E-state index in [4.69, 9.17) is 27.9 Å². The third-order valence-electron chi connectivity index (χ3n) is 6.51. The Kier molecular flexibility index (Phi) is 6.25. The van der Waals surface area contributed by atoms with Crippen LogP contribution in [0.3, 0.4) is 0 Å². The molecule has 1 aliphatic heterocycles. The molecule has 0 fully saturated rings. The number of fused-ring (bicyclic) bond motifs is 3. The fraction of sp³-hybridized carbons (Fsp3) is 0.192. The summed E-state index contributed by atoms with van der Waals surface area (Å²) < 4.78 is 33.6. The lowest BCUT2D eigenvalue weighted by Gasteiger charge is -2.37. The van der Waals surface area contributed by atoms with Crippen LogP contribution in [0.5, 0.6) is 0 Å². The molecule has 0 radical (unpaired) electrons. The zero-order chi connectivity index (χ0) is 24.7. The van der Waals surface area contributed by atoms with Crippen molar-refractivity contribution < 1.29 is 17.9 Å². The van der Waals surface area contributed by atoms with Crippen molar-refractivity contribution in [2.75, 3.05) is 17.1 Å². The minimum atomic E-state index is -3.88. The second-order valence-electron chi connectivity index (χ2n) is 8.57. The third kappa shape index (κ3) is 4.51. The van der Waals surface area contributed by atoms with Gasteiger partial charge >= 0.3 is 5.97 Å². The first-order chi connectivity index (χ1) is 16.8. The Hall–Kier alpha value is -3.00. The lowest BCUT2D eigenvalue weighted by atomic mass is 9.77. The smallest absolute Gasteiger partial charge is 0.337 e. The van der Waals surface area contributed by atoms with Gasteiger partial charge in [-0.3, -0.25) is 4.72 Å².